The van der Waals surface area contributed by atoms with E-state index in [0.29, 0.717) is 0 Å². The summed E-state index contributed by atoms with van der Waals surface area (Å²) in [6.45, 7) is 0. The van der Waals surface area contributed by atoms with Crippen molar-refractivity contribution in [1.82, 2.24) is 15.0 Å². The Morgan fingerprint density at radius 3 is 1.20 bits per heavy atom. The van der Waals surface area contributed by atoms with Gasteiger partial charge < -0.3 is 33.3 Å². The smallest absolute Gasteiger partial charge is 1.00 e. The van der Waals surface area contributed by atoms with Crippen molar-refractivity contribution in [3.8, 4) is 0 Å². The molecule has 1 heterocycles. The number of nitrogens with zero attached hydrogens (tertiary/aromatic N) is 3. The van der Waals surface area contributed by atoms with Crippen LogP contribution in [0, 0.1) is 0 Å². The Labute approximate surface area is 128 Å². The van der Waals surface area contributed by atoms with Gasteiger partial charge in [-0.15, -0.1) is 0 Å². The molecule has 0 aliphatic carbocycles. The van der Waals surface area contributed by atoms with E-state index in [1.807, 2.05) is 0 Å². The summed E-state index contributed by atoms with van der Waals surface area (Å²) in [6, 6.07) is 0. The van der Waals surface area contributed by atoms with E-state index in [4.69, 9.17) is 36.4 Å². The van der Waals surface area contributed by atoms with Gasteiger partial charge in [0, 0.05) is 0 Å². The molecule has 0 aromatic carbocycles. The molecule has 1 rings (SSSR count). The van der Waals surface area contributed by atoms with Crippen LogP contribution in [0.15, 0.2) is 0 Å². The molecule has 0 bridgehead atoms. The first-order chi connectivity index (χ1) is 6.18. The molecule has 0 unspecified atom stereocenters. The molecule has 1 aromatic heterocycles. The zero-order valence-electron chi connectivity index (χ0n) is 8.77. The second-order valence-electron chi connectivity index (χ2n) is 1.92. The van der Waals surface area contributed by atoms with Gasteiger partial charge >= 0.3 is 59.2 Å². The first kappa shape index (κ1) is 17.5. The van der Waals surface area contributed by atoms with Crippen LogP contribution in [-0.2, 0) is 4.57 Å². The van der Waals surface area contributed by atoms with Gasteiger partial charge in [-0.05, 0) is 0 Å². The summed E-state index contributed by atoms with van der Waals surface area (Å²) in [6.07, 6.45) is 0. The van der Waals surface area contributed by atoms with Gasteiger partial charge in [-0.25, -0.2) is 4.57 Å². The van der Waals surface area contributed by atoms with Crippen molar-refractivity contribution in [2.75, 3.05) is 17.2 Å². The van der Waals surface area contributed by atoms with E-state index in [1.54, 1.807) is 0 Å². The Morgan fingerprint density at radius 1 is 0.933 bits per heavy atom. The predicted molar refractivity (Wildman–Crippen MR) is 48.4 cm³/mol. The van der Waals surface area contributed by atoms with Gasteiger partial charge in [-0.3, -0.25) is 0 Å². The zero-order valence-corrected chi connectivity index (χ0v) is 11.8. The SMILES string of the molecule is Nc1nc(N)nc(N)n1.O=P(O)(O)O.[H-].[K+]. The van der Waals surface area contributed by atoms with Gasteiger partial charge in [0.2, 0.25) is 17.8 Å². The van der Waals surface area contributed by atoms with Crippen LogP contribution >= 0.6 is 7.82 Å². The number of phosphoric acid groups is 1. The fourth-order valence-electron chi connectivity index (χ4n) is 0.427. The average molecular weight is 264 g/mol. The molecule has 0 saturated heterocycles. The van der Waals surface area contributed by atoms with E-state index < -0.39 is 7.82 Å². The molecule has 0 aliphatic heterocycles. The maximum Gasteiger partial charge on any atom is 1.00 e. The minimum atomic E-state index is -4.64. The average Bonchev–Trinajstić information content (AvgIpc) is 1.77. The summed E-state index contributed by atoms with van der Waals surface area (Å²) in [5.74, 6) is 0.125. The second kappa shape index (κ2) is 7.43. The van der Waals surface area contributed by atoms with E-state index >= 15 is 0 Å². The van der Waals surface area contributed by atoms with Gasteiger partial charge in [0.05, 0.1) is 0 Å². The van der Waals surface area contributed by atoms with E-state index in [9.17, 15) is 0 Å². The first-order valence-electron chi connectivity index (χ1n) is 2.99. The molecule has 1 aromatic rings. The topological polar surface area (TPSA) is 194 Å². The molecular weight excluding hydrogens is 254 g/mol. The van der Waals surface area contributed by atoms with Crippen molar-refractivity contribution in [2.24, 2.45) is 0 Å². The molecule has 12 heteroatoms. The number of aromatic nitrogens is 3. The van der Waals surface area contributed by atoms with Crippen molar-refractivity contribution in [1.29, 1.82) is 0 Å². The van der Waals surface area contributed by atoms with Crippen molar-refractivity contribution in [3.05, 3.63) is 0 Å². The third-order valence-corrected chi connectivity index (χ3v) is 0.687. The minimum absolute atomic E-state index is 0. The normalized spacial score (nSPS) is 9.53. The summed E-state index contributed by atoms with van der Waals surface area (Å²) in [5, 5.41) is 0. The van der Waals surface area contributed by atoms with Crippen LogP contribution < -0.4 is 68.6 Å². The quantitative estimate of drug-likeness (QED) is 0.194. The minimum Gasteiger partial charge on any atom is -1.00 e. The predicted octanol–water partition coefficient (Wildman–Crippen LogP) is -5.19. The number of nitrogens with two attached hydrogens (primary N) is 3. The third kappa shape index (κ3) is 14.2. The number of nitrogen functional groups attached to an aromatic ring is 3. The number of anilines is 3. The van der Waals surface area contributed by atoms with Crippen LogP contribution in [0.4, 0.5) is 17.8 Å². The Kier molecular flexibility index (Phi) is 8.70. The van der Waals surface area contributed by atoms with Crippen molar-refractivity contribution < 1.29 is 72.1 Å². The van der Waals surface area contributed by atoms with Crippen LogP contribution in [-0.4, -0.2) is 29.6 Å². The van der Waals surface area contributed by atoms with E-state index in [-0.39, 0.29) is 70.7 Å². The van der Waals surface area contributed by atoms with Crippen molar-refractivity contribution in [2.45, 2.75) is 0 Å². The summed E-state index contributed by atoms with van der Waals surface area (Å²) >= 11 is 0. The first-order valence-corrected chi connectivity index (χ1v) is 4.56. The maximum absolute atomic E-state index is 8.88. The standard InChI is InChI=1S/C3H6N6.K.H3O4P.H/c4-1-7-2(5)9-3(6)8-1;;1-5(2,3)4;/h(H6,4,5,6,7,8,9);;(H3,1,2,3,4);/q;+1;;-1. The summed E-state index contributed by atoms with van der Waals surface area (Å²) in [7, 11) is -4.64. The molecule has 0 saturated carbocycles. The van der Waals surface area contributed by atoms with Crippen LogP contribution in [0.1, 0.15) is 1.43 Å². The van der Waals surface area contributed by atoms with Gasteiger partial charge in [0.25, 0.3) is 0 Å². The maximum atomic E-state index is 8.88. The molecule has 15 heavy (non-hydrogen) atoms. The largest absolute Gasteiger partial charge is 1.00 e. The zero-order chi connectivity index (χ0) is 11.4. The summed E-state index contributed by atoms with van der Waals surface area (Å²) in [4.78, 5) is 32.0. The monoisotopic (exact) mass is 264 g/mol. The van der Waals surface area contributed by atoms with Crippen LogP contribution in [0.3, 0.4) is 0 Å². The number of hydrogen-bond acceptors (Lipinski definition) is 7. The second-order valence-corrected chi connectivity index (χ2v) is 2.95. The molecular formula is C3H10KN6O4P. The molecule has 0 atom stereocenters. The van der Waals surface area contributed by atoms with Crippen LogP contribution in [0.2, 0.25) is 0 Å². The van der Waals surface area contributed by atoms with Crippen molar-refractivity contribution >= 4 is 25.7 Å². The van der Waals surface area contributed by atoms with E-state index in [0.717, 1.165) is 0 Å². The molecule has 0 aliphatic rings. The molecule has 0 fully saturated rings. The van der Waals surface area contributed by atoms with E-state index in [2.05, 4.69) is 15.0 Å². The molecule has 10 nitrogen and oxygen atoms in total. The molecule has 0 spiro atoms. The molecule has 82 valence electrons. The number of rotatable bonds is 0. The van der Waals surface area contributed by atoms with Crippen molar-refractivity contribution in [3.63, 3.8) is 0 Å². The van der Waals surface area contributed by atoms with Gasteiger partial charge in [0.15, 0.2) is 0 Å². The summed E-state index contributed by atoms with van der Waals surface area (Å²) < 4.78 is 8.88. The van der Waals surface area contributed by atoms with Crippen LogP contribution in [0.5, 0.6) is 0 Å². The molecule has 0 amide bonds. The van der Waals surface area contributed by atoms with Crippen LogP contribution in [0.25, 0.3) is 0 Å². The fourth-order valence-corrected chi connectivity index (χ4v) is 0.427. The Hall–Kier alpha value is 0.156. The number of hydrogen-bond donors (Lipinski definition) is 6. The molecule has 9 N–H and O–H groups in total. The van der Waals surface area contributed by atoms with Gasteiger partial charge in [-0.1, -0.05) is 0 Å². The van der Waals surface area contributed by atoms with Gasteiger partial charge in [-0.2, -0.15) is 15.0 Å². The van der Waals surface area contributed by atoms with E-state index in [1.165, 1.54) is 0 Å². The Morgan fingerprint density at radius 2 is 1.07 bits per heavy atom. The third-order valence-electron chi connectivity index (χ3n) is 0.687. The summed E-state index contributed by atoms with van der Waals surface area (Å²) in [5.41, 5.74) is 15.4. The van der Waals surface area contributed by atoms with Gasteiger partial charge in [0.1, 0.15) is 0 Å². The molecule has 0 radical (unpaired) electrons. The fraction of sp³-hybridized carbons (Fsp3) is 0. The Balaban J connectivity index is -0.000000214. The Bertz CT molecular complexity index is 303.